The molecule has 1 aliphatic heterocycles. The summed E-state index contributed by atoms with van der Waals surface area (Å²) in [5.74, 6) is 0. The molecule has 1 saturated heterocycles. The van der Waals surface area contributed by atoms with E-state index in [0.717, 1.165) is 32.2 Å². The number of piperazine rings is 1. The molecule has 0 saturated carbocycles. The van der Waals surface area contributed by atoms with E-state index in [2.05, 4.69) is 16.8 Å². The fraction of sp³-hybridized carbons (Fsp3) is 0.467. The first-order valence-electron chi connectivity index (χ1n) is 6.85. The Hall–Kier alpha value is -1.04. The molecule has 1 heterocycles. The summed E-state index contributed by atoms with van der Waals surface area (Å²) < 4.78 is 38.8. The van der Waals surface area contributed by atoms with Gasteiger partial charge in [0.05, 0.1) is 5.56 Å². The van der Waals surface area contributed by atoms with Crippen molar-refractivity contribution >= 4 is 11.6 Å². The molecular weight excluding hydrogens is 301 g/mol. The van der Waals surface area contributed by atoms with Gasteiger partial charge in [0.25, 0.3) is 0 Å². The van der Waals surface area contributed by atoms with Crippen molar-refractivity contribution in [2.75, 3.05) is 26.2 Å². The molecule has 0 amide bonds. The first kappa shape index (κ1) is 16.3. The van der Waals surface area contributed by atoms with Crippen LogP contribution in [0.3, 0.4) is 0 Å². The van der Waals surface area contributed by atoms with Crippen LogP contribution in [0.4, 0.5) is 13.2 Å². The van der Waals surface area contributed by atoms with E-state index in [1.165, 1.54) is 6.07 Å². The summed E-state index contributed by atoms with van der Waals surface area (Å²) in [4.78, 5) is 2.17. The van der Waals surface area contributed by atoms with Crippen LogP contribution in [0.25, 0.3) is 0 Å². The van der Waals surface area contributed by atoms with Crippen molar-refractivity contribution in [1.29, 1.82) is 0 Å². The van der Waals surface area contributed by atoms with E-state index in [0.29, 0.717) is 12.0 Å². The van der Waals surface area contributed by atoms with E-state index in [1.54, 1.807) is 12.1 Å². The van der Waals surface area contributed by atoms with Crippen LogP contribution in [0.1, 0.15) is 23.6 Å². The Balaban J connectivity index is 2.35. The van der Waals surface area contributed by atoms with Gasteiger partial charge in [-0.3, -0.25) is 4.90 Å². The second kappa shape index (κ2) is 6.81. The normalized spacial score (nSPS) is 18.5. The smallest absolute Gasteiger partial charge is 0.314 e. The fourth-order valence-electron chi connectivity index (χ4n) is 2.62. The minimum atomic E-state index is -4.39. The number of nitrogens with zero attached hydrogens (tertiary/aromatic N) is 1. The quantitative estimate of drug-likeness (QED) is 0.848. The highest BCUT2D eigenvalue weighted by Gasteiger charge is 2.32. The molecule has 1 aromatic rings. The largest absolute Gasteiger partial charge is 0.416 e. The van der Waals surface area contributed by atoms with Gasteiger partial charge in [0.2, 0.25) is 0 Å². The number of nitrogens with one attached hydrogen (secondary N) is 1. The summed E-state index contributed by atoms with van der Waals surface area (Å²) >= 11 is 5.88. The van der Waals surface area contributed by atoms with E-state index in [-0.39, 0.29) is 11.1 Å². The summed E-state index contributed by atoms with van der Waals surface area (Å²) in [5, 5.41) is 3.35. The molecule has 2 rings (SSSR count). The van der Waals surface area contributed by atoms with Crippen molar-refractivity contribution in [3.8, 4) is 0 Å². The second-order valence-corrected chi connectivity index (χ2v) is 5.53. The highest BCUT2D eigenvalue weighted by Crippen LogP contribution is 2.35. The van der Waals surface area contributed by atoms with Crippen LogP contribution in [-0.2, 0) is 6.18 Å². The molecule has 0 radical (unpaired) electrons. The SMILES string of the molecule is C=CC[C@@H](c1cc(Cl)cc(C(F)(F)F)c1)N1CCNCC1. The first-order valence-corrected chi connectivity index (χ1v) is 7.23. The maximum atomic E-state index is 12.9. The van der Waals surface area contributed by atoms with Crippen molar-refractivity contribution in [3.63, 3.8) is 0 Å². The number of hydrogen-bond acceptors (Lipinski definition) is 2. The zero-order valence-corrected chi connectivity index (χ0v) is 12.3. The average Bonchev–Trinajstić information content (AvgIpc) is 2.44. The number of benzene rings is 1. The van der Waals surface area contributed by atoms with Crippen LogP contribution in [-0.4, -0.2) is 31.1 Å². The third-order valence-corrected chi connectivity index (χ3v) is 3.83. The molecule has 21 heavy (non-hydrogen) atoms. The molecule has 0 unspecified atom stereocenters. The van der Waals surface area contributed by atoms with Crippen LogP contribution >= 0.6 is 11.6 Å². The maximum absolute atomic E-state index is 12.9. The lowest BCUT2D eigenvalue weighted by Crippen LogP contribution is -2.45. The highest BCUT2D eigenvalue weighted by molar-refractivity contribution is 6.30. The standard InChI is InChI=1S/C15H18ClF3N2/c1-2-3-14(21-6-4-20-5-7-21)11-8-12(15(17,18)19)10-13(16)9-11/h2,8-10,14,20H,1,3-7H2/t14-/m0/s1. The van der Waals surface area contributed by atoms with E-state index in [4.69, 9.17) is 11.6 Å². The third-order valence-electron chi connectivity index (χ3n) is 3.61. The van der Waals surface area contributed by atoms with Gasteiger partial charge in [0.15, 0.2) is 0 Å². The first-order chi connectivity index (χ1) is 9.91. The van der Waals surface area contributed by atoms with E-state index in [9.17, 15) is 13.2 Å². The van der Waals surface area contributed by atoms with Crippen molar-refractivity contribution < 1.29 is 13.2 Å². The average molecular weight is 319 g/mol. The molecule has 1 aliphatic rings. The monoisotopic (exact) mass is 318 g/mol. The Morgan fingerprint density at radius 1 is 1.29 bits per heavy atom. The van der Waals surface area contributed by atoms with Gasteiger partial charge in [0.1, 0.15) is 0 Å². The minimum absolute atomic E-state index is 0.115. The van der Waals surface area contributed by atoms with Crippen LogP contribution in [0.5, 0.6) is 0 Å². The molecule has 0 aromatic heterocycles. The number of hydrogen-bond donors (Lipinski definition) is 1. The highest BCUT2D eigenvalue weighted by atomic mass is 35.5. The lowest BCUT2D eigenvalue weighted by molar-refractivity contribution is -0.137. The van der Waals surface area contributed by atoms with Crippen LogP contribution in [0, 0.1) is 0 Å². The molecule has 0 spiro atoms. The van der Waals surface area contributed by atoms with E-state index in [1.807, 2.05) is 0 Å². The molecule has 1 atom stereocenters. The van der Waals surface area contributed by atoms with Gasteiger partial charge in [0, 0.05) is 37.2 Å². The number of alkyl halides is 3. The Kier molecular flexibility index (Phi) is 5.30. The van der Waals surface area contributed by atoms with Gasteiger partial charge in [-0.05, 0) is 30.2 Å². The van der Waals surface area contributed by atoms with Gasteiger partial charge < -0.3 is 5.32 Å². The fourth-order valence-corrected chi connectivity index (χ4v) is 2.86. The Morgan fingerprint density at radius 2 is 1.95 bits per heavy atom. The maximum Gasteiger partial charge on any atom is 0.416 e. The molecule has 1 aromatic carbocycles. The summed E-state index contributed by atoms with van der Waals surface area (Å²) in [6, 6.07) is 3.66. The molecule has 2 nitrogen and oxygen atoms in total. The zero-order chi connectivity index (χ0) is 15.5. The van der Waals surface area contributed by atoms with Crippen molar-refractivity contribution in [3.05, 3.63) is 47.0 Å². The Labute approximate surface area is 127 Å². The number of halogens is 4. The van der Waals surface area contributed by atoms with Crippen LogP contribution in [0.2, 0.25) is 5.02 Å². The van der Waals surface area contributed by atoms with E-state index >= 15 is 0 Å². The summed E-state index contributed by atoms with van der Waals surface area (Å²) in [6.45, 7) is 6.98. The Bertz CT molecular complexity index is 496. The summed E-state index contributed by atoms with van der Waals surface area (Å²) in [6.07, 6.45) is -2.06. The third kappa shape index (κ3) is 4.22. The predicted octanol–water partition coefficient (Wildman–Crippen LogP) is 3.88. The molecule has 0 bridgehead atoms. The summed E-state index contributed by atoms with van der Waals surface area (Å²) in [5.41, 5.74) is -0.106. The Morgan fingerprint density at radius 3 is 2.52 bits per heavy atom. The topological polar surface area (TPSA) is 15.3 Å². The zero-order valence-electron chi connectivity index (χ0n) is 11.6. The second-order valence-electron chi connectivity index (χ2n) is 5.10. The minimum Gasteiger partial charge on any atom is -0.314 e. The van der Waals surface area contributed by atoms with Gasteiger partial charge in [-0.25, -0.2) is 0 Å². The predicted molar refractivity (Wildman–Crippen MR) is 78.5 cm³/mol. The molecule has 116 valence electrons. The lowest BCUT2D eigenvalue weighted by Gasteiger charge is -2.35. The van der Waals surface area contributed by atoms with Gasteiger partial charge >= 0.3 is 6.18 Å². The van der Waals surface area contributed by atoms with Gasteiger partial charge in [-0.15, -0.1) is 6.58 Å². The number of rotatable bonds is 4. The lowest BCUT2D eigenvalue weighted by atomic mass is 9.99. The van der Waals surface area contributed by atoms with Crippen molar-refractivity contribution in [1.82, 2.24) is 10.2 Å². The molecule has 6 heteroatoms. The summed E-state index contributed by atoms with van der Waals surface area (Å²) in [7, 11) is 0. The molecule has 1 fully saturated rings. The van der Waals surface area contributed by atoms with Crippen LogP contribution in [0.15, 0.2) is 30.9 Å². The molecular formula is C15H18ClF3N2. The van der Waals surface area contributed by atoms with Crippen LogP contribution < -0.4 is 5.32 Å². The van der Waals surface area contributed by atoms with Crippen molar-refractivity contribution in [2.24, 2.45) is 0 Å². The molecule has 1 N–H and O–H groups in total. The van der Waals surface area contributed by atoms with Gasteiger partial charge in [-0.2, -0.15) is 13.2 Å². The molecule has 0 aliphatic carbocycles. The van der Waals surface area contributed by atoms with E-state index < -0.39 is 11.7 Å². The van der Waals surface area contributed by atoms with Gasteiger partial charge in [-0.1, -0.05) is 17.7 Å². The van der Waals surface area contributed by atoms with Crippen molar-refractivity contribution in [2.45, 2.75) is 18.6 Å².